The predicted octanol–water partition coefficient (Wildman–Crippen LogP) is 4.96. The van der Waals surface area contributed by atoms with Crippen molar-refractivity contribution in [1.82, 2.24) is 9.97 Å². The molecule has 1 heterocycles. The van der Waals surface area contributed by atoms with E-state index in [0.717, 1.165) is 21.2 Å². The lowest BCUT2D eigenvalue weighted by molar-refractivity contribution is 0.747. The van der Waals surface area contributed by atoms with Gasteiger partial charge in [0, 0.05) is 17.7 Å². The molecular weight excluding hydrogens is 320 g/mol. The molecule has 2 aromatic rings. The van der Waals surface area contributed by atoms with Gasteiger partial charge in [-0.25, -0.2) is 9.97 Å². The van der Waals surface area contributed by atoms with E-state index in [0.29, 0.717) is 5.92 Å². The van der Waals surface area contributed by atoms with Crippen molar-refractivity contribution in [3.63, 3.8) is 0 Å². The predicted molar refractivity (Wildman–Crippen MR) is 84.6 cm³/mol. The van der Waals surface area contributed by atoms with E-state index in [-0.39, 0.29) is 0 Å². The number of thioether (sulfide) groups is 1. The molecule has 1 aromatic carbocycles. The molecule has 0 aliphatic carbocycles. The van der Waals surface area contributed by atoms with Crippen LogP contribution < -0.4 is 0 Å². The molecule has 0 atom stereocenters. The Bertz CT molecular complexity index is 570. The summed E-state index contributed by atoms with van der Waals surface area (Å²) in [5.41, 5.74) is 2.68. The average molecular weight is 337 g/mol. The largest absolute Gasteiger partial charge is 0.226 e. The van der Waals surface area contributed by atoms with Gasteiger partial charge in [0.25, 0.3) is 0 Å². The van der Waals surface area contributed by atoms with Crippen LogP contribution in [0.3, 0.4) is 0 Å². The van der Waals surface area contributed by atoms with Gasteiger partial charge in [-0.2, -0.15) is 0 Å². The summed E-state index contributed by atoms with van der Waals surface area (Å²) in [7, 11) is 0. The monoisotopic (exact) mass is 336 g/mol. The number of aromatic nitrogens is 2. The van der Waals surface area contributed by atoms with Crippen LogP contribution in [-0.4, -0.2) is 9.97 Å². The maximum absolute atomic E-state index is 4.60. The van der Waals surface area contributed by atoms with Crippen LogP contribution >= 0.6 is 27.7 Å². The minimum atomic E-state index is 0.343. The number of halogens is 1. The second kappa shape index (κ2) is 6.53. The smallest absolute Gasteiger partial charge is 0.133 e. The molecule has 0 aliphatic rings. The zero-order chi connectivity index (χ0) is 13.8. The quantitative estimate of drug-likeness (QED) is 0.582. The van der Waals surface area contributed by atoms with Crippen LogP contribution in [0.25, 0.3) is 0 Å². The summed E-state index contributed by atoms with van der Waals surface area (Å²) < 4.78 is 0.860. The van der Waals surface area contributed by atoms with Crippen molar-refractivity contribution in [2.75, 3.05) is 0 Å². The van der Waals surface area contributed by atoms with Gasteiger partial charge < -0.3 is 0 Å². The van der Waals surface area contributed by atoms with E-state index in [2.05, 4.69) is 70.9 Å². The molecule has 0 N–H and O–H groups in total. The number of benzene rings is 1. The fourth-order valence-electron chi connectivity index (χ4n) is 1.67. The van der Waals surface area contributed by atoms with E-state index in [1.807, 2.05) is 6.07 Å². The Morgan fingerprint density at radius 1 is 1.21 bits per heavy atom. The first-order valence-electron chi connectivity index (χ1n) is 6.28. The summed E-state index contributed by atoms with van der Waals surface area (Å²) in [5, 5.41) is 1.02. The number of hydrogen-bond acceptors (Lipinski definition) is 3. The van der Waals surface area contributed by atoms with E-state index < -0.39 is 0 Å². The number of aryl methyl sites for hydroxylation is 1. The summed E-state index contributed by atoms with van der Waals surface area (Å²) in [4.78, 5) is 9.00. The second-order valence-corrected chi connectivity index (χ2v) is 6.57. The van der Waals surface area contributed by atoms with Crippen molar-refractivity contribution in [1.29, 1.82) is 0 Å². The summed E-state index contributed by atoms with van der Waals surface area (Å²) in [5.74, 6) is 2.17. The van der Waals surface area contributed by atoms with Crippen molar-refractivity contribution >= 4 is 27.7 Å². The van der Waals surface area contributed by atoms with Crippen LogP contribution in [0.4, 0.5) is 0 Å². The first-order valence-corrected chi connectivity index (χ1v) is 8.06. The summed E-state index contributed by atoms with van der Waals surface area (Å²) in [6.07, 6.45) is 0. The molecule has 1 aromatic heterocycles. The highest BCUT2D eigenvalue weighted by atomic mass is 79.9. The minimum absolute atomic E-state index is 0.343. The van der Waals surface area contributed by atoms with E-state index in [4.69, 9.17) is 0 Å². The van der Waals surface area contributed by atoms with Crippen LogP contribution in [0.1, 0.15) is 36.7 Å². The Morgan fingerprint density at radius 2 is 1.95 bits per heavy atom. The minimum Gasteiger partial charge on any atom is -0.226 e. The molecule has 0 unspecified atom stereocenters. The Hall–Kier alpha value is -0.870. The molecule has 0 radical (unpaired) electrons. The fraction of sp³-hybridized carbons (Fsp3) is 0.333. The summed E-state index contributed by atoms with van der Waals surface area (Å²) in [6, 6.07) is 10.4. The Morgan fingerprint density at radius 3 is 2.63 bits per heavy atom. The van der Waals surface area contributed by atoms with Gasteiger partial charge in [0.15, 0.2) is 0 Å². The number of nitrogens with zero attached hydrogens (tertiary/aromatic N) is 2. The van der Waals surface area contributed by atoms with Crippen LogP contribution in [0, 0.1) is 6.92 Å². The Kier molecular flexibility index (Phi) is 4.99. The summed E-state index contributed by atoms with van der Waals surface area (Å²) in [6.45, 7) is 6.36. The zero-order valence-electron chi connectivity index (χ0n) is 11.4. The molecule has 0 saturated carbocycles. The highest BCUT2D eigenvalue weighted by Gasteiger charge is 2.08. The lowest BCUT2D eigenvalue weighted by Gasteiger charge is -2.08. The van der Waals surface area contributed by atoms with Crippen molar-refractivity contribution in [3.8, 4) is 0 Å². The van der Waals surface area contributed by atoms with Crippen molar-refractivity contribution in [2.45, 2.75) is 37.5 Å². The normalized spacial score (nSPS) is 11.0. The molecule has 0 bridgehead atoms. The van der Waals surface area contributed by atoms with Gasteiger partial charge in [0.05, 0.1) is 0 Å². The fourth-order valence-corrected chi connectivity index (χ4v) is 3.20. The molecule has 0 saturated heterocycles. The molecule has 0 fully saturated rings. The SMILES string of the molecule is Cc1ccccc1CSc1cc(Br)nc(C(C)C)n1. The topological polar surface area (TPSA) is 25.8 Å². The van der Waals surface area contributed by atoms with Crippen LogP contribution in [-0.2, 0) is 5.75 Å². The summed E-state index contributed by atoms with van der Waals surface area (Å²) >= 11 is 5.21. The first-order chi connectivity index (χ1) is 9.06. The Labute approximate surface area is 127 Å². The van der Waals surface area contributed by atoms with Gasteiger partial charge in [-0.15, -0.1) is 11.8 Å². The molecule has 0 aliphatic heterocycles. The van der Waals surface area contributed by atoms with Gasteiger partial charge in [0.2, 0.25) is 0 Å². The molecule has 100 valence electrons. The average Bonchev–Trinajstić information content (AvgIpc) is 2.37. The molecule has 2 rings (SSSR count). The van der Waals surface area contributed by atoms with Crippen LogP contribution in [0.15, 0.2) is 40.0 Å². The van der Waals surface area contributed by atoms with E-state index >= 15 is 0 Å². The Balaban J connectivity index is 2.14. The van der Waals surface area contributed by atoms with Crippen LogP contribution in [0.2, 0.25) is 0 Å². The third kappa shape index (κ3) is 4.05. The highest BCUT2D eigenvalue weighted by Crippen LogP contribution is 2.26. The third-order valence-electron chi connectivity index (χ3n) is 2.84. The molecule has 19 heavy (non-hydrogen) atoms. The van der Waals surface area contributed by atoms with Gasteiger partial charge in [-0.3, -0.25) is 0 Å². The second-order valence-electron chi connectivity index (χ2n) is 4.76. The van der Waals surface area contributed by atoms with Gasteiger partial charge in [-0.1, -0.05) is 38.1 Å². The number of hydrogen-bond donors (Lipinski definition) is 0. The molecule has 4 heteroatoms. The maximum Gasteiger partial charge on any atom is 0.133 e. The lowest BCUT2D eigenvalue weighted by Crippen LogP contribution is -1.99. The van der Waals surface area contributed by atoms with E-state index in [1.54, 1.807) is 11.8 Å². The van der Waals surface area contributed by atoms with Gasteiger partial charge in [-0.05, 0) is 34.0 Å². The molecule has 0 amide bonds. The van der Waals surface area contributed by atoms with E-state index in [9.17, 15) is 0 Å². The van der Waals surface area contributed by atoms with Crippen LogP contribution in [0.5, 0.6) is 0 Å². The third-order valence-corrected chi connectivity index (χ3v) is 4.21. The maximum atomic E-state index is 4.60. The first kappa shape index (κ1) is 14.5. The van der Waals surface area contributed by atoms with Gasteiger partial charge >= 0.3 is 0 Å². The van der Waals surface area contributed by atoms with Crippen molar-refractivity contribution < 1.29 is 0 Å². The molecular formula is C15H17BrN2S. The van der Waals surface area contributed by atoms with E-state index in [1.165, 1.54) is 11.1 Å². The molecule has 2 nitrogen and oxygen atoms in total. The van der Waals surface area contributed by atoms with Crippen molar-refractivity contribution in [2.24, 2.45) is 0 Å². The zero-order valence-corrected chi connectivity index (χ0v) is 13.8. The van der Waals surface area contributed by atoms with Crippen molar-refractivity contribution in [3.05, 3.63) is 51.9 Å². The van der Waals surface area contributed by atoms with Gasteiger partial charge in [0.1, 0.15) is 15.5 Å². The number of rotatable bonds is 4. The standard InChI is InChI=1S/C15H17BrN2S/c1-10(2)15-17-13(16)8-14(18-15)19-9-12-7-5-4-6-11(12)3/h4-8,10H,9H2,1-3H3. The molecule has 0 spiro atoms. The highest BCUT2D eigenvalue weighted by molar-refractivity contribution is 9.10. The lowest BCUT2D eigenvalue weighted by atomic mass is 10.1.